The molecule has 0 aliphatic rings. The average molecular weight is 246 g/mol. The summed E-state index contributed by atoms with van der Waals surface area (Å²) >= 11 is 5.68. The number of carboxylic acids is 1. The number of carbonyl (C=O) groups is 1. The number of pyridine rings is 1. The van der Waals surface area contributed by atoms with E-state index in [1.54, 1.807) is 13.0 Å². The van der Waals surface area contributed by atoms with E-state index < -0.39 is 24.6 Å². The minimum Gasteiger partial charge on any atom is -0.481 e. The largest absolute Gasteiger partial charge is 0.481 e. The molecule has 2 atom stereocenters. The number of halogens is 1. The van der Waals surface area contributed by atoms with Gasteiger partial charge in [-0.2, -0.15) is 0 Å². The first-order chi connectivity index (χ1) is 7.41. The quantitative estimate of drug-likeness (QED) is 0.734. The summed E-state index contributed by atoms with van der Waals surface area (Å²) in [5.74, 6) is -1.18. The van der Waals surface area contributed by atoms with Crippen molar-refractivity contribution in [3.8, 4) is 0 Å². The average Bonchev–Trinajstić information content (AvgIpc) is 2.15. The van der Waals surface area contributed by atoms with Crippen molar-refractivity contribution in [3.63, 3.8) is 0 Å². The molecule has 0 saturated heterocycles. The minimum atomic E-state index is -1.38. The van der Waals surface area contributed by atoms with E-state index in [1.165, 1.54) is 6.20 Å². The van der Waals surface area contributed by atoms with Crippen LogP contribution in [0.25, 0.3) is 0 Å². The molecular weight excluding hydrogens is 234 g/mol. The van der Waals surface area contributed by atoms with Crippen molar-refractivity contribution in [3.05, 3.63) is 28.5 Å². The normalized spacial score (nSPS) is 14.5. The van der Waals surface area contributed by atoms with Crippen LogP contribution in [-0.4, -0.2) is 32.4 Å². The van der Waals surface area contributed by atoms with Crippen LogP contribution in [0.2, 0.25) is 5.02 Å². The van der Waals surface area contributed by atoms with E-state index in [4.69, 9.17) is 16.7 Å². The van der Waals surface area contributed by atoms with Gasteiger partial charge in [0.05, 0.1) is 23.2 Å². The number of rotatable bonds is 4. The molecule has 2 unspecified atom stereocenters. The number of aromatic nitrogens is 1. The minimum absolute atomic E-state index is 0.234. The Morgan fingerprint density at radius 1 is 1.56 bits per heavy atom. The molecule has 1 aromatic rings. The Kier molecular flexibility index (Phi) is 4.23. The summed E-state index contributed by atoms with van der Waals surface area (Å²) in [6.07, 6.45) is -1.91. The fourth-order valence-corrected chi connectivity index (χ4v) is 1.55. The van der Waals surface area contributed by atoms with Crippen molar-refractivity contribution >= 4 is 17.6 Å². The third kappa shape index (κ3) is 3.16. The first-order valence-corrected chi connectivity index (χ1v) is 4.99. The van der Waals surface area contributed by atoms with Gasteiger partial charge in [0.1, 0.15) is 6.10 Å². The lowest BCUT2D eigenvalue weighted by atomic mass is 10.0. The van der Waals surface area contributed by atoms with Gasteiger partial charge in [-0.25, -0.2) is 0 Å². The zero-order valence-electron chi connectivity index (χ0n) is 8.59. The van der Waals surface area contributed by atoms with Gasteiger partial charge in [-0.3, -0.25) is 9.78 Å². The van der Waals surface area contributed by atoms with Crippen LogP contribution < -0.4 is 0 Å². The van der Waals surface area contributed by atoms with E-state index in [-0.39, 0.29) is 5.69 Å². The number of aliphatic carboxylic acids is 1. The number of carboxylic acid groups (broad SMARTS) is 1. The second kappa shape index (κ2) is 5.25. The Bertz CT molecular complexity index is 396. The molecule has 0 radical (unpaired) electrons. The zero-order valence-corrected chi connectivity index (χ0v) is 9.35. The summed E-state index contributed by atoms with van der Waals surface area (Å²) in [6, 6.07) is 1.58. The van der Waals surface area contributed by atoms with E-state index in [1.807, 2.05) is 0 Å². The van der Waals surface area contributed by atoms with E-state index in [0.29, 0.717) is 10.6 Å². The standard InChI is InChI=1S/C10H12ClNO4/c1-5-2-6(11)4-12-9(5)10(16)7(13)3-8(14)15/h2,4,7,10,13,16H,3H2,1H3,(H,14,15). The van der Waals surface area contributed by atoms with Crippen molar-refractivity contribution in [1.82, 2.24) is 4.98 Å². The topological polar surface area (TPSA) is 90.7 Å². The fourth-order valence-electron chi connectivity index (χ4n) is 1.33. The highest BCUT2D eigenvalue weighted by Gasteiger charge is 2.23. The molecule has 0 fully saturated rings. The molecule has 0 saturated carbocycles. The predicted octanol–water partition coefficient (Wildman–Crippen LogP) is 0.912. The van der Waals surface area contributed by atoms with Gasteiger partial charge < -0.3 is 15.3 Å². The summed E-state index contributed by atoms with van der Waals surface area (Å²) < 4.78 is 0. The number of hydrogen-bond acceptors (Lipinski definition) is 4. The Balaban J connectivity index is 2.87. The maximum atomic E-state index is 10.4. The maximum Gasteiger partial charge on any atom is 0.306 e. The van der Waals surface area contributed by atoms with E-state index >= 15 is 0 Å². The molecule has 5 nitrogen and oxygen atoms in total. The highest BCUT2D eigenvalue weighted by molar-refractivity contribution is 6.30. The molecule has 1 heterocycles. The van der Waals surface area contributed by atoms with Crippen LogP contribution >= 0.6 is 11.6 Å². The lowest BCUT2D eigenvalue weighted by molar-refractivity contribution is -0.141. The molecule has 1 rings (SSSR count). The van der Waals surface area contributed by atoms with Crippen molar-refractivity contribution in [1.29, 1.82) is 0 Å². The van der Waals surface area contributed by atoms with Crippen LogP contribution in [0, 0.1) is 6.92 Å². The molecule has 0 aliphatic heterocycles. The van der Waals surface area contributed by atoms with Crippen LogP contribution in [0.4, 0.5) is 0 Å². The van der Waals surface area contributed by atoms with Crippen molar-refractivity contribution in [2.45, 2.75) is 25.6 Å². The molecule has 3 N–H and O–H groups in total. The molecule has 88 valence electrons. The van der Waals surface area contributed by atoms with Gasteiger partial charge in [-0.05, 0) is 18.6 Å². The number of hydrogen-bond donors (Lipinski definition) is 3. The van der Waals surface area contributed by atoms with Crippen LogP contribution in [-0.2, 0) is 4.79 Å². The zero-order chi connectivity index (χ0) is 12.3. The maximum absolute atomic E-state index is 10.4. The van der Waals surface area contributed by atoms with Crippen LogP contribution in [0.1, 0.15) is 23.8 Å². The van der Waals surface area contributed by atoms with Gasteiger partial charge in [0.15, 0.2) is 0 Å². The molecule has 6 heteroatoms. The predicted molar refractivity (Wildman–Crippen MR) is 57.2 cm³/mol. The molecule has 0 bridgehead atoms. The second-order valence-electron chi connectivity index (χ2n) is 3.47. The van der Waals surface area contributed by atoms with Crippen molar-refractivity contribution in [2.24, 2.45) is 0 Å². The summed E-state index contributed by atoms with van der Waals surface area (Å²) in [5, 5.41) is 28.0. The second-order valence-corrected chi connectivity index (χ2v) is 3.90. The number of nitrogens with zero attached hydrogens (tertiary/aromatic N) is 1. The molecule has 0 aliphatic carbocycles. The van der Waals surface area contributed by atoms with E-state index in [2.05, 4.69) is 4.98 Å². The van der Waals surface area contributed by atoms with Gasteiger partial charge in [-0.15, -0.1) is 0 Å². The first-order valence-electron chi connectivity index (χ1n) is 4.61. The Labute approximate surface area is 97.3 Å². The number of aryl methyl sites for hydroxylation is 1. The lowest BCUT2D eigenvalue weighted by Crippen LogP contribution is -2.23. The van der Waals surface area contributed by atoms with Crippen molar-refractivity contribution in [2.75, 3.05) is 0 Å². The number of aliphatic hydroxyl groups excluding tert-OH is 2. The fraction of sp³-hybridized carbons (Fsp3) is 0.400. The molecule has 0 amide bonds. The summed E-state index contributed by atoms with van der Waals surface area (Å²) in [5.41, 5.74) is 0.836. The van der Waals surface area contributed by atoms with Crippen LogP contribution in [0.3, 0.4) is 0 Å². The van der Waals surface area contributed by atoms with Gasteiger partial charge in [-0.1, -0.05) is 11.6 Å². The molecule has 0 spiro atoms. The lowest BCUT2D eigenvalue weighted by Gasteiger charge is -2.17. The summed E-state index contributed by atoms with van der Waals surface area (Å²) in [4.78, 5) is 14.2. The van der Waals surface area contributed by atoms with Crippen LogP contribution in [0.5, 0.6) is 0 Å². The molecule has 1 aromatic heterocycles. The number of aliphatic hydroxyl groups is 2. The van der Waals surface area contributed by atoms with Gasteiger partial charge in [0, 0.05) is 6.20 Å². The Morgan fingerprint density at radius 2 is 2.19 bits per heavy atom. The highest BCUT2D eigenvalue weighted by atomic mass is 35.5. The third-order valence-electron chi connectivity index (χ3n) is 2.11. The van der Waals surface area contributed by atoms with Gasteiger partial charge >= 0.3 is 5.97 Å². The smallest absolute Gasteiger partial charge is 0.306 e. The monoisotopic (exact) mass is 245 g/mol. The van der Waals surface area contributed by atoms with Gasteiger partial charge in [0.25, 0.3) is 0 Å². The molecular formula is C10H12ClNO4. The summed E-state index contributed by atoms with van der Waals surface area (Å²) in [6.45, 7) is 1.67. The SMILES string of the molecule is Cc1cc(Cl)cnc1C(O)C(O)CC(=O)O. The Morgan fingerprint density at radius 3 is 2.69 bits per heavy atom. The third-order valence-corrected chi connectivity index (χ3v) is 2.32. The Hall–Kier alpha value is -1.17. The molecule has 0 aromatic carbocycles. The van der Waals surface area contributed by atoms with E-state index in [9.17, 15) is 15.0 Å². The van der Waals surface area contributed by atoms with Crippen molar-refractivity contribution < 1.29 is 20.1 Å². The summed E-state index contributed by atoms with van der Waals surface area (Å²) in [7, 11) is 0. The molecule has 16 heavy (non-hydrogen) atoms. The highest BCUT2D eigenvalue weighted by Crippen LogP contribution is 2.22. The van der Waals surface area contributed by atoms with E-state index in [0.717, 1.165) is 0 Å². The first kappa shape index (κ1) is 12.9. The van der Waals surface area contributed by atoms with Crippen LogP contribution in [0.15, 0.2) is 12.3 Å². The van der Waals surface area contributed by atoms with Gasteiger partial charge in [0.2, 0.25) is 0 Å².